The van der Waals surface area contributed by atoms with E-state index in [0.717, 1.165) is 11.8 Å². The molecule has 2 atom stereocenters. The van der Waals surface area contributed by atoms with Gasteiger partial charge in [-0.15, -0.1) is 0 Å². The first-order chi connectivity index (χ1) is 3.36. The van der Waals surface area contributed by atoms with Crippen LogP contribution in [0.15, 0.2) is 0 Å². The molecule has 1 heterocycles. The molecule has 2 fully saturated rings. The molecule has 1 heteroatoms. The zero-order chi connectivity index (χ0) is 4.85. The van der Waals surface area contributed by atoms with Gasteiger partial charge in [0.1, 0.15) is 0 Å². The molecule has 0 aromatic rings. The van der Waals surface area contributed by atoms with Crippen LogP contribution in [-0.4, -0.2) is 25.0 Å². The molecule has 39 valence electrons. The van der Waals surface area contributed by atoms with Crippen molar-refractivity contribution in [2.75, 3.05) is 20.1 Å². The average molecular weight is 96.2 g/mol. The summed E-state index contributed by atoms with van der Waals surface area (Å²) in [6, 6.07) is 0. The number of likely N-dealkylation sites (tertiary alicyclic amines) is 1. The summed E-state index contributed by atoms with van der Waals surface area (Å²) in [5.41, 5.74) is 0. The number of piperidine rings is 1. The van der Waals surface area contributed by atoms with Gasteiger partial charge < -0.3 is 4.90 Å². The minimum atomic E-state index is 0.991. The van der Waals surface area contributed by atoms with E-state index in [2.05, 4.69) is 18.4 Å². The first-order valence-electron chi connectivity index (χ1n) is 2.90. The van der Waals surface area contributed by atoms with Crippen LogP contribution in [0.2, 0.25) is 0 Å². The van der Waals surface area contributed by atoms with Crippen LogP contribution in [0.4, 0.5) is 0 Å². The Morgan fingerprint density at radius 2 is 2.00 bits per heavy atom. The second-order valence-corrected chi connectivity index (χ2v) is 2.74. The van der Waals surface area contributed by atoms with Gasteiger partial charge in [0.25, 0.3) is 0 Å². The maximum Gasteiger partial charge on any atom is 0.00128 e. The Morgan fingerprint density at radius 1 is 1.43 bits per heavy atom. The third-order valence-electron chi connectivity index (χ3n) is 1.95. The molecular weight excluding hydrogens is 86.1 g/mol. The van der Waals surface area contributed by atoms with Crippen LogP contribution in [0.5, 0.6) is 0 Å². The van der Waals surface area contributed by atoms with Crippen LogP contribution < -0.4 is 0 Å². The molecule has 0 unspecified atom stereocenters. The highest BCUT2D eigenvalue weighted by Gasteiger charge is 2.43. The Morgan fingerprint density at radius 3 is 2.29 bits per heavy atom. The summed E-state index contributed by atoms with van der Waals surface area (Å²) in [6.07, 6.45) is 2.44. The van der Waals surface area contributed by atoms with Gasteiger partial charge in [0.15, 0.2) is 0 Å². The average Bonchev–Trinajstić information content (AvgIpc) is 2.15. The zero-order valence-corrected chi connectivity index (χ0v) is 4.59. The monoisotopic (exact) mass is 96.1 g/mol. The zero-order valence-electron chi connectivity index (χ0n) is 4.59. The van der Waals surface area contributed by atoms with Crippen molar-refractivity contribution in [3.8, 4) is 0 Å². The normalized spacial score (nSPS) is 49.3. The quantitative estimate of drug-likeness (QED) is 0.421. The lowest BCUT2D eigenvalue weighted by molar-refractivity contribution is 0.387. The number of nitrogens with zero attached hydrogens (tertiary/aromatic N) is 1. The standard InChI is InChI=1S/C6H10N/c1-7-3-5-2-6(5)4-7/h2,5-6H,3-4H2,1H3/t5-,6+. The first kappa shape index (κ1) is 3.90. The Balaban J connectivity index is 2.02. The number of hydrogen-bond acceptors (Lipinski definition) is 1. The number of fused-ring (bicyclic) bond motifs is 1. The first-order valence-corrected chi connectivity index (χ1v) is 2.90. The minimum absolute atomic E-state index is 0.991. The summed E-state index contributed by atoms with van der Waals surface area (Å²) in [5, 5.41) is 0. The molecule has 7 heavy (non-hydrogen) atoms. The Labute approximate surface area is 44.3 Å². The summed E-state index contributed by atoms with van der Waals surface area (Å²) >= 11 is 0. The fourth-order valence-corrected chi connectivity index (χ4v) is 1.44. The van der Waals surface area contributed by atoms with Crippen molar-refractivity contribution in [1.82, 2.24) is 4.90 Å². The van der Waals surface area contributed by atoms with E-state index >= 15 is 0 Å². The third kappa shape index (κ3) is 0.480. The fraction of sp³-hybridized carbons (Fsp3) is 0.833. The van der Waals surface area contributed by atoms with Crippen LogP contribution in [0.3, 0.4) is 0 Å². The van der Waals surface area contributed by atoms with E-state index in [-0.39, 0.29) is 0 Å². The van der Waals surface area contributed by atoms with Gasteiger partial charge in [-0.3, -0.25) is 0 Å². The largest absolute Gasteiger partial charge is 0.306 e. The van der Waals surface area contributed by atoms with E-state index in [1.54, 1.807) is 0 Å². The van der Waals surface area contributed by atoms with Gasteiger partial charge in [0.05, 0.1) is 0 Å². The molecule has 1 radical (unpaired) electrons. The van der Waals surface area contributed by atoms with Crippen LogP contribution >= 0.6 is 0 Å². The van der Waals surface area contributed by atoms with Gasteiger partial charge >= 0.3 is 0 Å². The van der Waals surface area contributed by atoms with Crippen molar-refractivity contribution < 1.29 is 0 Å². The molecule has 1 saturated carbocycles. The summed E-state index contributed by atoms with van der Waals surface area (Å²) in [5.74, 6) is 1.98. The number of rotatable bonds is 0. The van der Waals surface area contributed by atoms with Gasteiger partial charge in [-0.1, -0.05) is 0 Å². The Hall–Kier alpha value is -0.0400. The van der Waals surface area contributed by atoms with Crippen LogP contribution in [-0.2, 0) is 0 Å². The van der Waals surface area contributed by atoms with Crippen molar-refractivity contribution in [2.45, 2.75) is 0 Å². The molecule has 2 aliphatic rings. The van der Waals surface area contributed by atoms with Crippen LogP contribution in [0.1, 0.15) is 0 Å². The van der Waals surface area contributed by atoms with Gasteiger partial charge in [0.2, 0.25) is 0 Å². The van der Waals surface area contributed by atoms with Crippen molar-refractivity contribution in [3.05, 3.63) is 6.42 Å². The Bertz CT molecular complexity index is 80.2. The molecule has 1 saturated heterocycles. The third-order valence-corrected chi connectivity index (χ3v) is 1.95. The molecule has 0 bridgehead atoms. The van der Waals surface area contributed by atoms with Gasteiger partial charge in [-0.2, -0.15) is 0 Å². The summed E-state index contributed by atoms with van der Waals surface area (Å²) in [7, 11) is 2.19. The highest BCUT2D eigenvalue weighted by Crippen LogP contribution is 2.42. The smallest absolute Gasteiger partial charge is 0.00128 e. The molecule has 1 aliphatic carbocycles. The minimum Gasteiger partial charge on any atom is -0.306 e. The van der Waals surface area contributed by atoms with Crippen molar-refractivity contribution in [2.24, 2.45) is 11.8 Å². The lowest BCUT2D eigenvalue weighted by atomic mass is 10.4. The van der Waals surface area contributed by atoms with E-state index < -0.39 is 0 Å². The molecular formula is C6H10N. The van der Waals surface area contributed by atoms with Crippen molar-refractivity contribution >= 4 is 0 Å². The summed E-state index contributed by atoms with van der Waals surface area (Å²) < 4.78 is 0. The number of hydrogen-bond donors (Lipinski definition) is 0. The summed E-state index contributed by atoms with van der Waals surface area (Å²) in [6.45, 7) is 2.65. The fourth-order valence-electron chi connectivity index (χ4n) is 1.44. The van der Waals surface area contributed by atoms with E-state index in [0.29, 0.717) is 0 Å². The van der Waals surface area contributed by atoms with Gasteiger partial charge in [-0.25, -0.2) is 0 Å². The molecule has 2 rings (SSSR count). The predicted octanol–water partition coefficient (Wildman–Crippen LogP) is 0.382. The van der Waals surface area contributed by atoms with Crippen molar-refractivity contribution in [1.29, 1.82) is 0 Å². The second kappa shape index (κ2) is 1.03. The maximum absolute atomic E-state index is 2.44. The molecule has 0 aromatic heterocycles. The Kier molecular flexibility index (Phi) is 0.571. The highest BCUT2D eigenvalue weighted by molar-refractivity contribution is 5.11. The van der Waals surface area contributed by atoms with E-state index in [4.69, 9.17) is 0 Å². The molecule has 1 nitrogen and oxygen atoms in total. The molecule has 0 spiro atoms. The van der Waals surface area contributed by atoms with Crippen LogP contribution in [0.25, 0.3) is 0 Å². The molecule has 0 amide bonds. The predicted molar refractivity (Wildman–Crippen MR) is 28.8 cm³/mol. The topological polar surface area (TPSA) is 3.24 Å². The van der Waals surface area contributed by atoms with E-state index in [9.17, 15) is 0 Å². The van der Waals surface area contributed by atoms with Gasteiger partial charge in [0, 0.05) is 13.1 Å². The summed E-state index contributed by atoms with van der Waals surface area (Å²) in [4.78, 5) is 2.40. The molecule has 0 aromatic carbocycles. The van der Waals surface area contributed by atoms with E-state index in [1.807, 2.05) is 0 Å². The highest BCUT2D eigenvalue weighted by atomic mass is 15.1. The molecule has 0 N–H and O–H groups in total. The van der Waals surface area contributed by atoms with Crippen LogP contribution in [0, 0.1) is 18.3 Å². The van der Waals surface area contributed by atoms with Gasteiger partial charge in [-0.05, 0) is 25.3 Å². The lowest BCUT2D eigenvalue weighted by Gasteiger charge is -2.06. The van der Waals surface area contributed by atoms with E-state index in [1.165, 1.54) is 13.1 Å². The second-order valence-electron chi connectivity index (χ2n) is 2.74. The SMILES string of the molecule is CN1C[C@H]2[CH][C@H]2C1. The maximum atomic E-state index is 2.44. The van der Waals surface area contributed by atoms with Crippen molar-refractivity contribution in [3.63, 3.8) is 0 Å². The molecule has 1 aliphatic heterocycles. The lowest BCUT2D eigenvalue weighted by Crippen LogP contribution is -2.15.